The molecule has 132 valence electrons. The third-order valence-electron chi connectivity index (χ3n) is 4.11. The minimum Gasteiger partial charge on any atom is -0.493 e. The molecule has 3 heterocycles. The van der Waals surface area contributed by atoms with Crippen molar-refractivity contribution in [3.63, 3.8) is 0 Å². The van der Waals surface area contributed by atoms with E-state index in [-0.39, 0.29) is 5.91 Å². The topological polar surface area (TPSA) is 70.6 Å². The highest BCUT2D eigenvalue weighted by Gasteiger charge is 2.22. The second kappa shape index (κ2) is 7.19. The zero-order valence-corrected chi connectivity index (χ0v) is 15.5. The molecule has 0 atom stereocenters. The molecule has 1 N–H and O–H groups in total. The molecule has 1 fully saturated rings. The van der Waals surface area contributed by atoms with Gasteiger partial charge in [-0.3, -0.25) is 4.79 Å². The van der Waals surface area contributed by atoms with Crippen LogP contribution in [0.3, 0.4) is 0 Å². The van der Waals surface area contributed by atoms with Gasteiger partial charge in [0.05, 0.1) is 6.61 Å². The summed E-state index contributed by atoms with van der Waals surface area (Å²) in [6, 6.07) is 6.49. The molecule has 25 heavy (non-hydrogen) atoms. The maximum Gasteiger partial charge on any atom is 0.223 e. The Bertz CT molecular complexity index is 774. The van der Waals surface area contributed by atoms with Crippen LogP contribution in [0.1, 0.15) is 12.5 Å². The van der Waals surface area contributed by atoms with Gasteiger partial charge < -0.3 is 15.0 Å². The lowest BCUT2D eigenvalue weighted by Gasteiger charge is -2.33. The van der Waals surface area contributed by atoms with Crippen LogP contribution < -0.4 is 15.0 Å². The van der Waals surface area contributed by atoms with Crippen molar-refractivity contribution in [1.29, 1.82) is 0 Å². The van der Waals surface area contributed by atoms with Crippen molar-refractivity contribution < 1.29 is 9.53 Å². The molecule has 0 aliphatic carbocycles. The molecule has 0 bridgehead atoms. The second-order valence-electron chi connectivity index (χ2n) is 5.95. The fraction of sp³-hybridized carbons (Fsp3) is 0.438. The first kappa shape index (κ1) is 16.6. The molecule has 1 aromatic heterocycles. The number of hydrogen-bond donors (Lipinski definition) is 1. The first-order valence-electron chi connectivity index (χ1n) is 8.22. The van der Waals surface area contributed by atoms with E-state index in [0.29, 0.717) is 5.13 Å². The molecule has 2 aliphatic rings. The highest BCUT2D eigenvalue weighted by molar-refractivity contribution is 7.97. The Kier molecular flexibility index (Phi) is 4.78. The fourth-order valence-corrected chi connectivity index (χ4v) is 4.64. The van der Waals surface area contributed by atoms with E-state index in [9.17, 15) is 4.79 Å². The summed E-state index contributed by atoms with van der Waals surface area (Å²) in [6.45, 7) is 5.94. The summed E-state index contributed by atoms with van der Waals surface area (Å²) in [6.07, 6.45) is 1.02. The quantitative estimate of drug-likeness (QED) is 0.820. The predicted molar refractivity (Wildman–Crippen MR) is 99.5 cm³/mol. The van der Waals surface area contributed by atoms with Crippen LogP contribution in [0.2, 0.25) is 0 Å². The normalized spacial score (nSPS) is 17.2. The fourth-order valence-electron chi connectivity index (χ4n) is 2.87. The Morgan fingerprint density at radius 3 is 2.92 bits per heavy atom. The highest BCUT2D eigenvalue weighted by Crippen LogP contribution is 2.33. The number of benzene rings is 1. The molecule has 9 heteroatoms. The maximum atomic E-state index is 11.1. The summed E-state index contributed by atoms with van der Waals surface area (Å²) in [4.78, 5) is 14.5. The Labute approximate surface area is 154 Å². The predicted octanol–water partition coefficient (Wildman–Crippen LogP) is 2.26. The van der Waals surface area contributed by atoms with Crippen molar-refractivity contribution in [2.75, 3.05) is 43.0 Å². The van der Waals surface area contributed by atoms with Gasteiger partial charge in [0.25, 0.3) is 0 Å². The number of carbonyl (C=O) groups is 1. The first-order valence-corrected chi connectivity index (χ1v) is 9.81. The van der Waals surface area contributed by atoms with E-state index in [1.54, 1.807) is 11.9 Å². The van der Waals surface area contributed by atoms with E-state index in [0.717, 1.165) is 50.1 Å². The van der Waals surface area contributed by atoms with E-state index < -0.39 is 0 Å². The van der Waals surface area contributed by atoms with Crippen molar-refractivity contribution >= 4 is 39.5 Å². The van der Waals surface area contributed by atoms with Crippen LogP contribution in [0.25, 0.3) is 0 Å². The standard InChI is InChI=1S/C16H19N5O2S2/c1-11(22)17-15-18-19-16(24-15)20-5-7-21(8-6-20)25-13-3-2-12-4-9-23-14(12)10-13/h2-3,10H,4-9H2,1H3,(H,17,18,22). The maximum absolute atomic E-state index is 11.1. The lowest BCUT2D eigenvalue weighted by molar-refractivity contribution is -0.114. The smallest absolute Gasteiger partial charge is 0.223 e. The molecular weight excluding hydrogens is 358 g/mol. The molecule has 7 nitrogen and oxygen atoms in total. The van der Waals surface area contributed by atoms with Gasteiger partial charge in [-0.25, -0.2) is 4.31 Å². The Balaban J connectivity index is 1.32. The summed E-state index contributed by atoms with van der Waals surface area (Å²) in [5.41, 5.74) is 1.31. The number of carbonyl (C=O) groups excluding carboxylic acids is 1. The number of fused-ring (bicyclic) bond motifs is 1. The van der Waals surface area contributed by atoms with Gasteiger partial charge in [0, 0.05) is 44.4 Å². The summed E-state index contributed by atoms with van der Waals surface area (Å²) in [5, 5.41) is 12.3. The van der Waals surface area contributed by atoms with Crippen molar-refractivity contribution in [1.82, 2.24) is 14.5 Å². The van der Waals surface area contributed by atoms with Crippen LogP contribution in [0.4, 0.5) is 10.3 Å². The molecule has 1 amide bonds. The number of piperazine rings is 1. The van der Waals surface area contributed by atoms with Gasteiger partial charge >= 0.3 is 0 Å². The number of amides is 1. The van der Waals surface area contributed by atoms with Crippen molar-refractivity contribution in [3.8, 4) is 5.75 Å². The first-order chi connectivity index (χ1) is 12.2. The Hall–Kier alpha value is -1.84. The Morgan fingerprint density at radius 1 is 1.28 bits per heavy atom. The summed E-state index contributed by atoms with van der Waals surface area (Å²) >= 11 is 3.19. The number of nitrogens with zero attached hydrogens (tertiary/aromatic N) is 4. The van der Waals surface area contributed by atoms with Crippen molar-refractivity contribution in [3.05, 3.63) is 23.8 Å². The van der Waals surface area contributed by atoms with Crippen molar-refractivity contribution in [2.45, 2.75) is 18.2 Å². The lowest BCUT2D eigenvalue weighted by Crippen LogP contribution is -2.43. The SMILES string of the molecule is CC(=O)Nc1nnc(N2CCN(Sc3ccc4c(c3)OCC4)CC2)s1. The van der Waals surface area contributed by atoms with Gasteiger partial charge in [-0.2, -0.15) is 0 Å². The van der Waals surface area contributed by atoms with Crippen LogP contribution in [-0.4, -0.2) is 53.2 Å². The number of rotatable bonds is 4. The van der Waals surface area contributed by atoms with E-state index in [2.05, 4.69) is 42.9 Å². The largest absolute Gasteiger partial charge is 0.493 e. The van der Waals surface area contributed by atoms with Gasteiger partial charge in [-0.05, 0) is 29.6 Å². The van der Waals surface area contributed by atoms with Gasteiger partial charge in [-0.1, -0.05) is 17.4 Å². The summed E-state index contributed by atoms with van der Waals surface area (Å²) < 4.78 is 8.01. The monoisotopic (exact) mass is 377 g/mol. The van der Waals surface area contributed by atoms with E-state index in [4.69, 9.17) is 4.74 Å². The lowest BCUT2D eigenvalue weighted by atomic mass is 10.2. The van der Waals surface area contributed by atoms with Gasteiger partial charge in [0.1, 0.15) is 5.75 Å². The van der Waals surface area contributed by atoms with Crippen LogP contribution in [-0.2, 0) is 11.2 Å². The summed E-state index contributed by atoms with van der Waals surface area (Å²) in [7, 11) is 0. The molecule has 0 unspecified atom stereocenters. The average Bonchev–Trinajstić information content (AvgIpc) is 3.24. The van der Waals surface area contributed by atoms with E-state index in [1.807, 2.05) is 0 Å². The summed E-state index contributed by atoms with van der Waals surface area (Å²) in [5.74, 6) is 0.908. The molecule has 2 aliphatic heterocycles. The Morgan fingerprint density at radius 2 is 2.12 bits per heavy atom. The molecule has 0 radical (unpaired) electrons. The minimum atomic E-state index is -0.123. The molecule has 2 aromatic rings. The third-order valence-corrected chi connectivity index (χ3v) is 6.10. The molecule has 0 saturated carbocycles. The van der Waals surface area contributed by atoms with Gasteiger partial charge in [0.15, 0.2) is 0 Å². The van der Waals surface area contributed by atoms with E-state index >= 15 is 0 Å². The zero-order valence-electron chi connectivity index (χ0n) is 13.9. The van der Waals surface area contributed by atoms with Crippen molar-refractivity contribution in [2.24, 2.45) is 0 Å². The number of hydrogen-bond acceptors (Lipinski definition) is 8. The zero-order chi connectivity index (χ0) is 17.2. The molecule has 0 spiro atoms. The van der Waals surface area contributed by atoms with Gasteiger partial charge in [0.2, 0.25) is 16.2 Å². The molecule has 4 rings (SSSR count). The molecule has 1 saturated heterocycles. The van der Waals surface area contributed by atoms with Gasteiger partial charge in [-0.15, -0.1) is 10.2 Å². The van der Waals surface area contributed by atoms with Crippen LogP contribution in [0, 0.1) is 0 Å². The van der Waals surface area contributed by atoms with E-state index in [1.165, 1.54) is 28.7 Å². The minimum absolute atomic E-state index is 0.123. The van der Waals surface area contributed by atoms with Crippen LogP contribution in [0.15, 0.2) is 23.1 Å². The number of ether oxygens (including phenoxy) is 1. The number of nitrogens with one attached hydrogen (secondary N) is 1. The van der Waals surface area contributed by atoms with Crippen LogP contribution >= 0.6 is 23.3 Å². The average molecular weight is 377 g/mol. The number of aromatic nitrogens is 2. The molecule has 1 aromatic carbocycles. The third kappa shape index (κ3) is 3.88. The highest BCUT2D eigenvalue weighted by atomic mass is 32.2. The van der Waals surface area contributed by atoms with Crippen LogP contribution in [0.5, 0.6) is 5.75 Å². The second-order valence-corrected chi connectivity index (χ2v) is 8.07. The number of anilines is 2. The molecular formula is C16H19N5O2S2.